The van der Waals surface area contributed by atoms with Crippen molar-refractivity contribution in [1.82, 2.24) is 4.31 Å². The van der Waals surface area contributed by atoms with E-state index in [2.05, 4.69) is 0 Å². The highest BCUT2D eigenvalue weighted by Crippen LogP contribution is 2.22. The van der Waals surface area contributed by atoms with E-state index in [9.17, 15) is 13.2 Å². The van der Waals surface area contributed by atoms with Gasteiger partial charge in [-0.25, -0.2) is 12.7 Å². The van der Waals surface area contributed by atoms with Crippen LogP contribution in [0.2, 0.25) is 0 Å². The minimum absolute atomic E-state index is 0.172. The molecule has 0 aromatic heterocycles. The molecular formula is C9H15N3O3S. The highest BCUT2D eigenvalue weighted by Gasteiger charge is 2.28. The van der Waals surface area contributed by atoms with Crippen molar-refractivity contribution in [1.29, 1.82) is 5.26 Å². The average Bonchev–Trinajstić information content (AvgIpc) is 2.17. The number of nitriles is 1. The Morgan fingerprint density at radius 3 is 2.44 bits per heavy atom. The van der Waals surface area contributed by atoms with Gasteiger partial charge in [0.25, 0.3) is 0 Å². The first-order valence-electron chi connectivity index (χ1n) is 5.09. The normalized spacial score (nSPS) is 19.2. The topological polar surface area (TPSA) is 104 Å². The second kappa shape index (κ2) is 5.27. The molecule has 1 aliphatic heterocycles. The van der Waals surface area contributed by atoms with Gasteiger partial charge in [-0.2, -0.15) is 5.26 Å². The zero-order valence-electron chi connectivity index (χ0n) is 8.92. The van der Waals surface area contributed by atoms with Gasteiger partial charge < -0.3 is 5.73 Å². The van der Waals surface area contributed by atoms with Crippen LogP contribution in [0.25, 0.3) is 0 Å². The maximum atomic E-state index is 11.5. The van der Waals surface area contributed by atoms with Crippen LogP contribution in [0, 0.1) is 17.2 Å². The summed E-state index contributed by atoms with van der Waals surface area (Å²) in [7, 11) is -3.43. The quantitative estimate of drug-likeness (QED) is 0.715. The van der Waals surface area contributed by atoms with E-state index in [0.717, 1.165) is 0 Å². The van der Waals surface area contributed by atoms with Crippen LogP contribution >= 0.6 is 0 Å². The number of primary amides is 1. The van der Waals surface area contributed by atoms with Gasteiger partial charge in [0.15, 0.2) is 5.75 Å². The first-order valence-corrected chi connectivity index (χ1v) is 6.69. The van der Waals surface area contributed by atoms with E-state index in [1.54, 1.807) is 6.07 Å². The first kappa shape index (κ1) is 12.9. The van der Waals surface area contributed by atoms with Crippen molar-refractivity contribution in [2.75, 3.05) is 18.8 Å². The standard InChI is InChI=1S/C9H15N3O3S/c10-3-6-16(14,15)12-4-1-8(2-5-12)7-9(11)13/h8H,1-2,4-7H2,(H2,11,13). The largest absolute Gasteiger partial charge is 0.370 e. The number of carbonyl (C=O) groups excluding carboxylic acids is 1. The summed E-state index contributed by atoms with van der Waals surface area (Å²) >= 11 is 0. The lowest BCUT2D eigenvalue weighted by Gasteiger charge is -2.29. The van der Waals surface area contributed by atoms with Gasteiger partial charge >= 0.3 is 0 Å². The molecule has 0 atom stereocenters. The summed E-state index contributed by atoms with van der Waals surface area (Å²) < 4.78 is 24.4. The number of rotatable bonds is 4. The van der Waals surface area contributed by atoms with Crippen LogP contribution in [-0.2, 0) is 14.8 Å². The molecule has 90 valence electrons. The van der Waals surface area contributed by atoms with Crippen LogP contribution < -0.4 is 5.73 Å². The Morgan fingerprint density at radius 2 is 2.00 bits per heavy atom. The molecule has 1 amide bonds. The van der Waals surface area contributed by atoms with Crippen LogP contribution in [0.15, 0.2) is 0 Å². The van der Waals surface area contributed by atoms with Crippen molar-refractivity contribution in [2.24, 2.45) is 11.7 Å². The fourth-order valence-corrected chi connectivity index (χ4v) is 2.96. The molecule has 6 nitrogen and oxygen atoms in total. The molecule has 0 radical (unpaired) electrons. The average molecular weight is 245 g/mol. The summed E-state index contributed by atoms with van der Waals surface area (Å²) in [6.07, 6.45) is 1.58. The SMILES string of the molecule is N#CCS(=O)(=O)N1CCC(CC(N)=O)CC1. The third kappa shape index (κ3) is 3.47. The molecule has 1 saturated heterocycles. The number of hydrogen-bond acceptors (Lipinski definition) is 4. The highest BCUT2D eigenvalue weighted by molar-refractivity contribution is 7.89. The van der Waals surface area contributed by atoms with Gasteiger partial charge in [-0.3, -0.25) is 4.79 Å². The monoisotopic (exact) mass is 245 g/mol. The van der Waals surface area contributed by atoms with E-state index in [4.69, 9.17) is 11.0 Å². The molecule has 0 aliphatic carbocycles. The molecule has 7 heteroatoms. The second-order valence-corrected chi connectivity index (χ2v) is 5.90. The number of hydrogen-bond donors (Lipinski definition) is 1. The first-order chi connectivity index (χ1) is 7.45. The molecule has 0 aromatic carbocycles. The second-order valence-electron chi connectivity index (χ2n) is 3.93. The van der Waals surface area contributed by atoms with Crippen LogP contribution in [0.1, 0.15) is 19.3 Å². The number of carbonyl (C=O) groups is 1. The van der Waals surface area contributed by atoms with Crippen LogP contribution in [-0.4, -0.2) is 37.5 Å². The Kier molecular flexibility index (Phi) is 4.26. The lowest BCUT2D eigenvalue weighted by molar-refractivity contribution is -0.119. The molecule has 0 bridgehead atoms. The van der Waals surface area contributed by atoms with Gasteiger partial charge in [-0.05, 0) is 18.8 Å². The number of sulfonamides is 1. The van der Waals surface area contributed by atoms with Gasteiger partial charge in [-0.15, -0.1) is 0 Å². The zero-order chi connectivity index (χ0) is 12.2. The minimum atomic E-state index is -3.43. The number of nitrogens with two attached hydrogens (primary N) is 1. The van der Waals surface area contributed by atoms with Gasteiger partial charge in [0.1, 0.15) is 0 Å². The highest BCUT2D eigenvalue weighted by atomic mass is 32.2. The predicted octanol–water partition coefficient (Wildman–Crippen LogP) is -0.573. The summed E-state index contributed by atoms with van der Waals surface area (Å²) in [5, 5.41) is 8.39. The Hall–Kier alpha value is -1.13. The third-order valence-corrected chi connectivity index (χ3v) is 4.35. The number of nitrogens with zero attached hydrogens (tertiary/aromatic N) is 2. The van der Waals surface area contributed by atoms with Gasteiger partial charge in [0.05, 0.1) is 6.07 Å². The van der Waals surface area contributed by atoms with Crippen LogP contribution in [0.4, 0.5) is 0 Å². The number of piperidine rings is 1. The van der Waals surface area contributed by atoms with Gasteiger partial charge in [0.2, 0.25) is 15.9 Å². The van der Waals surface area contributed by atoms with Crippen molar-refractivity contribution in [3.05, 3.63) is 0 Å². The summed E-state index contributed by atoms with van der Waals surface area (Å²) in [5.41, 5.74) is 5.08. The fourth-order valence-electron chi connectivity index (χ4n) is 1.85. The molecule has 16 heavy (non-hydrogen) atoms. The Balaban J connectivity index is 2.50. The van der Waals surface area contributed by atoms with Crippen LogP contribution in [0.3, 0.4) is 0 Å². The summed E-state index contributed by atoms with van der Waals surface area (Å²) in [6, 6.07) is 1.64. The number of amides is 1. The van der Waals surface area contributed by atoms with E-state index in [-0.39, 0.29) is 11.8 Å². The van der Waals surface area contributed by atoms with E-state index in [0.29, 0.717) is 32.4 Å². The predicted molar refractivity (Wildman–Crippen MR) is 57.5 cm³/mol. The lowest BCUT2D eigenvalue weighted by atomic mass is 9.94. The lowest BCUT2D eigenvalue weighted by Crippen LogP contribution is -2.40. The minimum Gasteiger partial charge on any atom is -0.370 e. The molecule has 0 saturated carbocycles. The van der Waals surface area contributed by atoms with Gasteiger partial charge in [-0.1, -0.05) is 0 Å². The fraction of sp³-hybridized carbons (Fsp3) is 0.778. The Bertz CT molecular complexity index is 391. The smallest absolute Gasteiger partial charge is 0.227 e. The van der Waals surface area contributed by atoms with E-state index in [1.807, 2.05) is 0 Å². The Morgan fingerprint density at radius 1 is 1.44 bits per heavy atom. The molecule has 1 aliphatic rings. The van der Waals surface area contributed by atoms with Crippen LogP contribution in [0.5, 0.6) is 0 Å². The van der Waals surface area contributed by atoms with E-state index < -0.39 is 15.8 Å². The molecule has 0 spiro atoms. The van der Waals surface area contributed by atoms with Crippen molar-refractivity contribution in [3.8, 4) is 6.07 Å². The van der Waals surface area contributed by atoms with Crippen molar-refractivity contribution in [2.45, 2.75) is 19.3 Å². The molecule has 1 rings (SSSR count). The van der Waals surface area contributed by atoms with E-state index >= 15 is 0 Å². The molecule has 0 unspecified atom stereocenters. The molecule has 2 N–H and O–H groups in total. The molecule has 1 heterocycles. The third-order valence-electron chi connectivity index (χ3n) is 2.70. The van der Waals surface area contributed by atoms with Crippen molar-refractivity contribution in [3.63, 3.8) is 0 Å². The van der Waals surface area contributed by atoms with E-state index in [1.165, 1.54) is 4.31 Å². The summed E-state index contributed by atoms with van der Waals surface area (Å²) in [4.78, 5) is 10.7. The molecule has 0 aromatic rings. The van der Waals surface area contributed by atoms with Crippen molar-refractivity contribution >= 4 is 15.9 Å². The van der Waals surface area contributed by atoms with Crippen molar-refractivity contribution < 1.29 is 13.2 Å². The maximum absolute atomic E-state index is 11.5. The molecule has 1 fully saturated rings. The zero-order valence-corrected chi connectivity index (χ0v) is 9.74. The maximum Gasteiger partial charge on any atom is 0.227 e. The molecular weight excluding hydrogens is 230 g/mol. The van der Waals surface area contributed by atoms with Gasteiger partial charge in [0, 0.05) is 19.5 Å². The Labute approximate surface area is 95.1 Å². The summed E-state index contributed by atoms with van der Waals surface area (Å²) in [6.45, 7) is 0.754. The summed E-state index contributed by atoms with van der Waals surface area (Å²) in [5.74, 6) is -0.655.